The number of carbonyl (C=O) groups excluding carboxylic acids is 1. The number of esters is 1. The first-order valence-electron chi connectivity index (χ1n) is 5.05. The van der Waals surface area contributed by atoms with Gasteiger partial charge in [0.1, 0.15) is 18.5 Å². The molecule has 0 saturated heterocycles. The van der Waals surface area contributed by atoms with Crippen LogP contribution in [0.15, 0.2) is 24.3 Å². The Labute approximate surface area is 98.6 Å². The molecule has 1 unspecified atom stereocenters. The summed E-state index contributed by atoms with van der Waals surface area (Å²) in [5, 5.41) is 17.5. The highest BCUT2D eigenvalue weighted by Crippen LogP contribution is 2.19. The zero-order chi connectivity index (χ0) is 12.7. The van der Waals surface area contributed by atoms with Crippen LogP contribution in [0.1, 0.15) is 0 Å². The molecule has 1 atom stereocenters. The van der Waals surface area contributed by atoms with E-state index in [1.54, 1.807) is 24.3 Å². The second-order valence-electron chi connectivity index (χ2n) is 3.35. The maximum absolute atomic E-state index is 11.2. The van der Waals surface area contributed by atoms with Crippen LogP contribution >= 0.6 is 0 Å². The fourth-order valence-electron chi connectivity index (χ4n) is 1.03. The minimum Gasteiger partial charge on any atom is -0.480 e. The Morgan fingerprint density at radius 3 is 2.76 bits per heavy atom. The normalized spacial score (nSPS) is 11.9. The summed E-state index contributed by atoms with van der Waals surface area (Å²) in [6, 6.07) is 6.76. The molecule has 0 aliphatic heterocycles. The zero-order valence-corrected chi connectivity index (χ0v) is 9.20. The van der Waals surface area contributed by atoms with E-state index in [2.05, 4.69) is 4.74 Å². The monoisotopic (exact) mass is 241 g/mol. The van der Waals surface area contributed by atoms with Gasteiger partial charge in [-0.1, -0.05) is 12.1 Å². The van der Waals surface area contributed by atoms with Crippen molar-refractivity contribution >= 4 is 11.7 Å². The number of aliphatic hydroxyl groups excluding tert-OH is 2. The molecule has 0 radical (unpaired) electrons. The summed E-state index contributed by atoms with van der Waals surface area (Å²) in [7, 11) is 0. The topological polar surface area (TPSA) is 102 Å². The van der Waals surface area contributed by atoms with E-state index in [9.17, 15) is 4.79 Å². The molecule has 0 aliphatic rings. The van der Waals surface area contributed by atoms with Gasteiger partial charge in [-0.2, -0.15) is 0 Å². The minimum absolute atomic E-state index is 0.261. The summed E-state index contributed by atoms with van der Waals surface area (Å²) >= 11 is 0. The van der Waals surface area contributed by atoms with Gasteiger partial charge in [0.15, 0.2) is 6.61 Å². The van der Waals surface area contributed by atoms with Gasteiger partial charge in [-0.3, -0.25) is 0 Å². The first-order chi connectivity index (χ1) is 8.13. The molecular weight excluding hydrogens is 226 g/mol. The number of nitrogens with two attached hydrogens (primary N) is 1. The number of hydrogen-bond donors (Lipinski definition) is 3. The molecule has 0 amide bonds. The smallest absolute Gasteiger partial charge is 0.344 e. The number of hydrogen-bond acceptors (Lipinski definition) is 6. The number of ether oxygens (including phenoxy) is 2. The van der Waals surface area contributed by atoms with Crippen molar-refractivity contribution in [3.63, 3.8) is 0 Å². The standard InChI is InChI=1S/C11H15NO5/c12-9-3-1-2-4-10(9)16-7-11(15)17-6-8(14)5-13/h1-4,8,13-14H,5-7,12H2. The van der Waals surface area contributed by atoms with Crippen LogP contribution in [0.25, 0.3) is 0 Å². The van der Waals surface area contributed by atoms with E-state index >= 15 is 0 Å². The molecule has 17 heavy (non-hydrogen) atoms. The number of nitrogen functional groups attached to an aromatic ring is 1. The molecule has 1 rings (SSSR count). The lowest BCUT2D eigenvalue weighted by Gasteiger charge is -2.10. The predicted molar refractivity (Wildman–Crippen MR) is 60.4 cm³/mol. The highest BCUT2D eigenvalue weighted by molar-refractivity contribution is 5.71. The number of anilines is 1. The van der Waals surface area contributed by atoms with Gasteiger partial charge in [-0.05, 0) is 12.1 Å². The molecule has 94 valence electrons. The predicted octanol–water partition coefficient (Wildman–Crippen LogP) is -0.456. The molecule has 0 saturated carbocycles. The Hall–Kier alpha value is -1.79. The van der Waals surface area contributed by atoms with E-state index in [-0.39, 0.29) is 13.2 Å². The Balaban J connectivity index is 2.31. The molecule has 0 aromatic heterocycles. The van der Waals surface area contributed by atoms with Crippen molar-refractivity contribution in [2.75, 3.05) is 25.6 Å². The fraction of sp³-hybridized carbons (Fsp3) is 0.364. The zero-order valence-electron chi connectivity index (χ0n) is 9.20. The van der Waals surface area contributed by atoms with Crippen molar-refractivity contribution in [2.24, 2.45) is 0 Å². The highest BCUT2D eigenvalue weighted by atomic mass is 16.6. The van der Waals surface area contributed by atoms with E-state index in [0.29, 0.717) is 11.4 Å². The average molecular weight is 241 g/mol. The van der Waals surface area contributed by atoms with Gasteiger partial charge in [0.25, 0.3) is 0 Å². The Bertz CT molecular complexity index is 369. The van der Waals surface area contributed by atoms with Crippen molar-refractivity contribution in [3.05, 3.63) is 24.3 Å². The largest absolute Gasteiger partial charge is 0.480 e. The quantitative estimate of drug-likeness (QED) is 0.460. The summed E-state index contributed by atoms with van der Waals surface area (Å²) in [4.78, 5) is 11.2. The van der Waals surface area contributed by atoms with Crippen LogP contribution in [0.5, 0.6) is 5.75 Å². The lowest BCUT2D eigenvalue weighted by Crippen LogP contribution is -2.24. The third kappa shape index (κ3) is 4.71. The SMILES string of the molecule is Nc1ccccc1OCC(=O)OCC(O)CO. The minimum atomic E-state index is -1.07. The summed E-state index contributed by atoms with van der Waals surface area (Å²) in [6.07, 6.45) is -1.07. The molecule has 0 heterocycles. The molecule has 1 aromatic carbocycles. The second-order valence-corrected chi connectivity index (χ2v) is 3.35. The van der Waals surface area contributed by atoms with Crippen molar-refractivity contribution in [1.82, 2.24) is 0 Å². The number of para-hydroxylation sites is 2. The van der Waals surface area contributed by atoms with Gasteiger partial charge in [0.05, 0.1) is 12.3 Å². The van der Waals surface area contributed by atoms with Crippen LogP contribution in [0.3, 0.4) is 0 Å². The Morgan fingerprint density at radius 1 is 1.41 bits per heavy atom. The number of rotatable bonds is 6. The average Bonchev–Trinajstić information content (AvgIpc) is 2.35. The van der Waals surface area contributed by atoms with Crippen LogP contribution in [-0.4, -0.2) is 42.1 Å². The molecule has 1 aromatic rings. The van der Waals surface area contributed by atoms with Crippen molar-refractivity contribution < 1.29 is 24.5 Å². The van der Waals surface area contributed by atoms with E-state index in [1.807, 2.05) is 0 Å². The van der Waals surface area contributed by atoms with Crippen LogP contribution in [0.2, 0.25) is 0 Å². The third-order valence-electron chi connectivity index (χ3n) is 1.91. The molecule has 4 N–H and O–H groups in total. The first kappa shape index (κ1) is 13.3. The third-order valence-corrected chi connectivity index (χ3v) is 1.91. The molecule has 0 aliphatic carbocycles. The van der Waals surface area contributed by atoms with Crippen molar-refractivity contribution in [2.45, 2.75) is 6.10 Å². The van der Waals surface area contributed by atoms with E-state index in [1.165, 1.54) is 0 Å². The maximum Gasteiger partial charge on any atom is 0.344 e. The van der Waals surface area contributed by atoms with Crippen molar-refractivity contribution in [1.29, 1.82) is 0 Å². The molecule has 0 bridgehead atoms. The van der Waals surface area contributed by atoms with Gasteiger partial charge in [-0.15, -0.1) is 0 Å². The lowest BCUT2D eigenvalue weighted by atomic mass is 10.3. The molecule has 0 fully saturated rings. The lowest BCUT2D eigenvalue weighted by molar-refractivity contribution is -0.149. The Morgan fingerprint density at radius 2 is 2.12 bits per heavy atom. The van der Waals surface area contributed by atoms with Gasteiger partial charge in [0.2, 0.25) is 0 Å². The molecule has 6 nitrogen and oxygen atoms in total. The summed E-state index contributed by atoms with van der Waals surface area (Å²) < 4.78 is 9.76. The molecule has 0 spiro atoms. The van der Waals surface area contributed by atoms with Crippen LogP contribution in [0, 0.1) is 0 Å². The van der Waals surface area contributed by atoms with E-state index in [0.717, 1.165) is 0 Å². The maximum atomic E-state index is 11.2. The first-order valence-corrected chi connectivity index (χ1v) is 5.05. The van der Waals surface area contributed by atoms with Crippen LogP contribution in [-0.2, 0) is 9.53 Å². The Kier molecular flexibility index (Phi) is 5.25. The summed E-state index contributed by atoms with van der Waals surface area (Å²) in [5.74, 6) is -0.243. The van der Waals surface area contributed by atoms with Gasteiger partial charge in [0, 0.05) is 0 Å². The summed E-state index contributed by atoms with van der Waals surface area (Å²) in [6.45, 7) is -1.02. The van der Waals surface area contributed by atoms with Crippen molar-refractivity contribution in [3.8, 4) is 5.75 Å². The van der Waals surface area contributed by atoms with E-state index < -0.39 is 18.7 Å². The highest BCUT2D eigenvalue weighted by Gasteiger charge is 2.09. The second kappa shape index (κ2) is 6.72. The van der Waals surface area contributed by atoms with Crippen LogP contribution in [0.4, 0.5) is 5.69 Å². The molecule has 6 heteroatoms. The summed E-state index contributed by atoms with van der Waals surface area (Å²) in [5.41, 5.74) is 6.03. The number of benzene rings is 1. The molecular formula is C11H15NO5. The number of carbonyl (C=O) groups is 1. The van der Waals surface area contributed by atoms with Gasteiger partial charge < -0.3 is 25.4 Å². The van der Waals surface area contributed by atoms with Crippen LogP contribution < -0.4 is 10.5 Å². The van der Waals surface area contributed by atoms with E-state index in [4.69, 9.17) is 20.7 Å². The van der Waals surface area contributed by atoms with Gasteiger partial charge in [-0.25, -0.2) is 4.79 Å². The van der Waals surface area contributed by atoms with Gasteiger partial charge >= 0.3 is 5.97 Å². The number of aliphatic hydroxyl groups is 2. The fourth-order valence-corrected chi connectivity index (χ4v) is 1.03.